The second-order valence-corrected chi connectivity index (χ2v) is 3.75. The topological polar surface area (TPSA) is 79.8 Å². The minimum absolute atomic E-state index is 0.242. The van der Waals surface area contributed by atoms with Crippen LogP contribution in [-0.4, -0.2) is 27.9 Å². The lowest BCUT2D eigenvalue weighted by Crippen LogP contribution is -2.13. The van der Waals surface area contributed by atoms with Crippen molar-refractivity contribution < 1.29 is 4.79 Å². The first-order chi connectivity index (χ1) is 8.69. The maximum Gasteiger partial charge on any atom is 0.257 e. The van der Waals surface area contributed by atoms with Gasteiger partial charge >= 0.3 is 0 Å². The fourth-order valence-electron chi connectivity index (χ4n) is 1.31. The van der Waals surface area contributed by atoms with Crippen molar-refractivity contribution in [2.45, 2.75) is 0 Å². The molecular formula is C11H10ClN5O. The molecule has 2 heterocycles. The number of carbonyl (C=O) groups excluding carboxylic acids is 1. The molecule has 7 heteroatoms. The molecule has 0 aromatic carbocycles. The van der Waals surface area contributed by atoms with E-state index in [-0.39, 0.29) is 11.1 Å². The van der Waals surface area contributed by atoms with Gasteiger partial charge in [-0.05, 0) is 12.1 Å². The Labute approximate surface area is 108 Å². The Morgan fingerprint density at radius 2 is 2.11 bits per heavy atom. The van der Waals surface area contributed by atoms with Crippen molar-refractivity contribution in [2.24, 2.45) is 0 Å². The van der Waals surface area contributed by atoms with E-state index in [1.165, 1.54) is 24.7 Å². The van der Waals surface area contributed by atoms with Crippen LogP contribution < -0.4 is 10.6 Å². The molecule has 2 aromatic heterocycles. The van der Waals surface area contributed by atoms with E-state index in [9.17, 15) is 4.79 Å². The van der Waals surface area contributed by atoms with E-state index in [1.54, 1.807) is 13.1 Å². The summed E-state index contributed by atoms with van der Waals surface area (Å²) in [5.41, 5.74) is 0.394. The van der Waals surface area contributed by atoms with Gasteiger partial charge in [-0.15, -0.1) is 0 Å². The van der Waals surface area contributed by atoms with Crippen LogP contribution in [0.4, 0.5) is 11.6 Å². The third kappa shape index (κ3) is 2.92. The van der Waals surface area contributed by atoms with Gasteiger partial charge in [-0.3, -0.25) is 9.78 Å². The van der Waals surface area contributed by atoms with Crippen molar-refractivity contribution in [1.29, 1.82) is 0 Å². The Balaban J connectivity index is 2.21. The van der Waals surface area contributed by atoms with Crippen LogP contribution in [0, 0.1) is 0 Å². The van der Waals surface area contributed by atoms with Crippen molar-refractivity contribution in [3.8, 4) is 0 Å². The minimum Gasteiger partial charge on any atom is -0.373 e. The molecule has 0 fully saturated rings. The lowest BCUT2D eigenvalue weighted by Gasteiger charge is -2.06. The predicted octanol–water partition coefficient (Wildman–Crippen LogP) is 1.82. The van der Waals surface area contributed by atoms with Gasteiger partial charge < -0.3 is 10.6 Å². The average Bonchev–Trinajstić information content (AvgIpc) is 2.39. The molecule has 18 heavy (non-hydrogen) atoms. The summed E-state index contributed by atoms with van der Waals surface area (Å²) in [4.78, 5) is 23.7. The number of hydrogen-bond donors (Lipinski definition) is 2. The molecule has 0 unspecified atom stereocenters. The number of nitrogens with one attached hydrogen (secondary N) is 2. The van der Waals surface area contributed by atoms with Gasteiger partial charge in [0.25, 0.3) is 5.91 Å². The van der Waals surface area contributed by atoms with E-state index in [1.807, 2.05) is 0 Å². The Hall–Kier alpha value is -2.21. The van der Waals surface area contributed by atoms with Gasteiger partial charge in [0.2, 0.25) is 0 Å². The summed E-state index contributed by atoms with van der Waals surface area (Å²) in [5.74, 6) is 0.574. The molecule has 1 amide bonds. The molecule has 0 saturated carbocycles. The molecule has 6 nitrogen and oxygen atoms in total. The fraction of sp³-hybridized carbons (Fsp3) is 0.0909. The van der Waals surface area contributed by atoms with Gasteiger partial charge in [-0.2, -0.15) is 0 Å². The van der Waals surface area contributed by atoms with E-state index in [4.69, 9.17) is 11.6 Å². The predicted molar refractivity (Wildman–Crippen MR) is 68.8 cm³/mol. The Kier molecular flexibility index (Phi) is 3.69. The van der Waals surface area contributed by atoms with Crippen LogP contribution in [0.2, 0.25) is 5.15 Å². The molecular weight excluding hydrogens is 254 g/mol. The maximum atomic E-state index is 11.9. The number of amides is 1. The lowest BCUT2D eigenvalue weighted by molar-refractivity contribution is 0.102. The zero-order valence-electron chi connectivity index (χ0n) is 9.51. The summed E-state index contributed by atoms with van der Waals surface area (Å²) in [6.07, 6.45) is 4.48. The van der Waals surface area contributed by atoms with Gasteiger partial charge in [-0.25, -0.2) is 9.97 Å². The van der Waals surface area contributed by atoms with Crippen LogP contribution in [0.15, 0.2) is 30.7 Å². The fourth-order valence-corrected chi connectivity index (χ4v) is 1.52. The monoisotopic (exact) mass is 263 g/mol. The number of pyridine rings is 1. The van der Waals surface area contributed by atoms with E-state index >= 15 is 0 Å². The molecule has 0 aliphatic rings. The van der Waals surface area contributed by atoms with Crippen molar-refractivity contribution in [3.05, 3.63) is 41.4 Å². The Morgan fingerprint density at radius 3 is 2.78 bits per heavy atom. The summed E-state index contributed by atoms with van der Waals surface area (Å²) < 4.78 is 0. The van der Waals surface area contributed by atoms with Crippen LogP contribution in [-0.2, 0) is 0 Å². The highest BCUT2D eigenvalue weighted by atomic mass is 35.5. The second-order valence-electron chi connectivity index (χ2n) is 3.36. The largest absolute Gasteiger partial charge is 0.373 e. The van der Waals surface area contributed by atoms with Crippen LogP contribution in [0.1, 0.15) is 10.4 Å². The van der Waals surface area contributed by atoms with Crippen LogP contribution in [0.3, 0.4) is 0 Å². The Morgan fingerprint density at radius 1 is 1.28 bits per heavy atom. The molecule has 2 rings (SSSR count). The summed E-state index contributed by atoms with van der Waals surface area (Å²) in [6, 6.07) is 3.08. The van der Waals surface area contributed by atoms with Crippen LogP contribution in [0.25, 0.3) is 0 Å². The van der Waals surface area contributed by atoms with Crippen molar-refractivity contribution in [1.82, 2.24) is 15.0 Å². The first-order valence-electron chi connectivity index (χ1n) is 5.12. The summed E-state index contributed by atoms with van der Waals surface area (Å²) >= 11 is 5.82. The molecule has 0 bridgehead atoms. The zero-order valence-corrected chi connectivity index (χ0v) is 10.3. The van der Waals surface area contributed by atoms with Crippen molar-refractivity contribution in [2.75, 3.05) is 17.7 Å². The normalized spacial score (nSPS) is 9.89. The average molecular weight is 264 g/mol. The molecule has 0 atom stereocenters. The van der Waals surface area contributed by atoms with Crippen molar-refractivity contribution in [3.63, 3.8) is 0 Å². The van der Waals surface area contributed by atoms with Gasteiger partial charge in [0.05, 0.1) is 6.20 Å². The van der Waals surface area contributed by atoms with Gasteiger partial charge in [0.15, 0.2) is 5.82 Å². The number of hydrogen-bond acceptors (Lipinski definition) is 5. The number of rotatable bonds is 3. The molecule has 0 aliphatic carbocycles. The number of halogens is 1. The van der Waals surface area contributed by atoms with E-state index in [0.717, 1.165) is 0 Å². The molecule has 2 aromatic rings. The van der Waals surface area contributed by atoms with Crippen molar-refractivity contribution >= 4 is 29.1 Å². The molecule has 2 N–H and O–H groups in total. The number of nitrogens with zero attached hydrogens (tertiary/aromatic N) is 3. The van der Waals surface area contributed by atoms with E-state index in [2.05, 4.69) is 25.6 Å². The maximum absolute atomic E-state index is 11.9. The molecule has 0 saturated heterocycles. The molecule has 0 radical (unpaired) electrons. The van der Waals surface area contributed by atoms with Gasteiger partial charge in [0, 0.05) is 25.0 Å². The summed E-state index contributed by atoms with van der Waals surface area (Å²) in [6.45, 7) is 0. The third-order valence-corrected chi connectivity index (χ3v) is 2.31. The van der Waals surface area contributed by atoms with E-state index < -0.39 is 0 Å². The number of anilines is 2. The molecule has 92 valence electrons. The molecule has 0 spiro atoms. The standard InChI is InChI=1S/C11H10ClN5O/c1-13-9-5-7(4-8(12)16-9)11(18)17-10-6-14-2-3-15-10/h2-6H,1H3,(H,13,16)(H,15,17,18). The quantitative estimate of drug-likeness (QED) is 0.826. The smallest absolute Gasteiger partial charge is 0.257 e. The van der Waals surface area contributed by atoms with Gasteiger partial charge in [-0.1, -0.05) is 11.6 Å². The lowest BCUT2D eigenvalue weighted by atomic mass is 10.2. The van der Waals surface area contributed by atoms with Crippen LogP contribution in [0.5, 0.6) is 0 Å². The first kappa shape index (κ1) is 12.3. The SMILES string of the molecule is CNc1cc(C(=O)Nc2cnccn2)cc(Cl)n1. The second kappa shape index (κ2) is 5.42. The Bertz CT molecular complexity index is 561. The number of aromatic nitrogens is 3. The summed E-state index contributed by atoms with van der Waals surface area (Å²) in [7, 11) is 1.70. The van der Waals surface area contributed by atoms with Gasteiger partial charge in [0.1, 0.15) is 11.0 Å². The zero-order chi connectivity index (χ0) is 13.0. The van der Waals surface area contributed by atoms with Crippen LogP contribution >= 0.6 is 11.6 Å². The number of carbonyl (C=O) groups is 1. The molecule has 0 aliphatic heterocycles. The minimum atomic E-state index is -0.323. The highest BCUT2D eigenvalue weighted by Gasteiger charge is 2.09. The highest BCUT2D eigenvalue weighted by molar-refractivity contribution is 6.30. The highest BCUT2D eigenvalue weighted by Crippen LogP contribution is 2.15. The van der Waals surface area contributed by atoms with E-state index in [0.29, 0.717) is 17.2 Å². The summed E-state index contributed by atoms with van der Waals surface area (Å²) in [5, 5.41) is 5.68. The first-order valence-corrected chi connectivity index (χ1v) is 5.49. The third-order valence-electron chi connectivity index (χ3n) is 2.12.